The number of imidazole rings is 1. The third-order valence-electron chi connectivity index (χ3n) is 4.26. The van der Waals surface area contributed by atoms with E-state index >= 15 is 0 Å². The van der Waals surface area contributed by atoms with E-state index in [2.05, 4.69) is 20.6 Å². The van der Waals surface area contributed by atoms with Crippen LogP contribution in [0.5, 0.6) is 0 Å². The lowest BCUT2D eigenvalue weighted by Crippen LogP contribution is -2.40. The average Bonchev–Trinajstić information content (AvgIpc) is 3.03. The fourth-order valence-corrected chi connectivity index (χ4v) is 2.62. The van der Waals surface area contributed by atoms with Gasteiger partial charge in [0.25, 0.3) is 0 Å². The molecule has 0 unspecified atom stereocenters. The number of nitrogens with one attached hydrogen (secondary N) is 2. The Morgan fingerprint density at radius 3 is 2.87 bits per heavy atom. The van der Waals surface area contributed by atoms with Gasteiger partial charge in [0.2, 0.25) is 0 Å². The predicted molar refractivity (Wildman–Crippen MR) is 89.1 cm³/mol. The quantitative estimate of drug-likeness (QED) is 0.658. The van der Waals surface area contributed by atoms with Crippen LogP contribution in [0.3, 0.4) is 0 Å². The molecule has 0 atom stereocenters. The van der Waals surface area contributed by atoms with Crippen LogP contribution >= 0.6 is 0 Å². The van der Waals surface area contributed by atoms with Crippen molar-refractivity contribution in [3.05, 3.63) is 48.3 Å². The van der Waals surface area contributed by atoms with Crippen molar-refractivity contribution in [1.29, 1.82) is 0 Å². The van der Waals surface area contributed by atoms with Gasteiger partial charge in [-0.1, -0.05) is 12.5 Å². The number of halogens is 1. The van der Waals surface area contributed by atoms with E-state index < -0.39 is 0 Å². The van der Waals surface area contributed by atoms with Crippen LogP contribution in [-0.4, -0.2) is 29.1 Å². The highest BCUT2D eigenvalue weighted by atomic mass is 19.1. The van der Waals surface area contributed by atoms with Crippen molar-refractivity contribution >= 4 is 5.96 Å². The number of hydrogen-bond donors (Lipinski definition) is 2. The van der Waals surface area contributed by atoms with Crippen LogP contribution in [0.15, 0.2) is 41.9 Å². The zero-order valence-corrected chi connectivity index (χ0v) is 13.3. The topological polar surface area (TPSA) is 54.2 Å². The largest absolute Gasteiger partial charge is 0.356 e. The van der Waals surface area contributed by atoms with Crippen molar-refractivity contribution in [3.63, 3.8) is 0 Å². The summed E-state index contributed by atoms with van der Waals surface area (Å²) in [4.78, 5) is 8.14. The molecule has 23 heavy (non-hydrogen) atoms. The van der Waals surface area contributed by atoms with Crippen LogP contribution < -0.4 is 10.6 Å². The number of nitrogens with zero attached hydrogens (tertiary/aromatic N) is 3. The van der Waals surface area contributed by atoms with Gasteiger partial charge in [-0.15, -0.1) is 0 Å². The summed E-state index contributed by atoms with van der Waals surface area (Å²) in [5.41, 5.74) is 1.37. The number of hydrogen-bond acceptors (Lipinski definition) is 2. The fourth-order valence-electron chi connectivity index (χ4n) is 2.62. The van der Waals surface area contributed by atoms with Crippen LogP contribution in [-0.2, 0) is 6.54 Å². The molecule has 3 rings (SSSR count). The average molecular weight is 315 g/mol. The highest BCUT2D eigenvalue weighted by Crippen LogP contribution is 2.25. The molecular weight excluding hydrogens is 293 g/mol. The molecule has 1 saturated carbocycles. The first-order valence-electron chi connectivity index (χ1n) is 7.97. The molecule has 0 saturated heterocycles. The monoisotopic (exact) mass is 315 g/mol. The second kappa shape index (κ2) is 7.26. The van der Waals surface area contributed by atoms with E-state index in [0.717, 1.165) is 24.0 Å². The summed E-state index contributed by atoms with van der Waals surface area (Å²) in [5, 5.41) is 6.55. The number of benzene rings is 1. The summed E-state index contributed by atoms with van der Waals surface area (Å²) in [6.07, 6.45) is 8.87. The number of aromatic nitrogens is 2. The van der Waals surface area contributed by atoms with E-state index in [1.54, 1.807) is 42.5 Å². The van der Waals surface area contributed by atoms with Crippen molar-refractivity contribution in [2.75, 3.05) is 13.6 Å². The normalized spacial score (nSPS) is 15.3. The molecule has 0 spiro atoms. The second-order valence-corrected chi connectivity index (χ2v) is 5.86. The Balaban J connectivity index is 1.56. The number of aliphatic imine (C=N–C) groups is 1. The van der Waals surface area contributed by atoms with E-state index in [9.17, 15) is 4.39 Å². The molecule has 0 radical (unpaired) electrons. The van der Waals surface area contributed by atoms with Gasteiger partial charge < -0.3 is 15.2 Å². The van der Waals surface area contributed by atoms with E-state index in [1.165, 1.54) is 19.3 Å². The highest BCUT2D eigenvalue weighted by Gasteiger charge is 2.17. The summed E-state index contributed by atoms with van der Waals surface area (Å²) in [5.74, 6) is 1.26. The smallest absolute Gasteiger partial charge is 0.191 e. The van der Waals surface area contributed by atoms with Crippen molar-refractivity contribution < 1.29 is 4.39 Å². The molecule has 0 amide bonds. The van der Waals surface area contributed by atoms with E-state index in [0.29, 0.717) is 12.2 Å². The molecule has 1 aromatic carbocycles. The van der Waals surface area contributed by atoms with E-state index in [4.69, 9.17) is 0 Å². The summed E-state index contributed by atoms with van der Waals surface area (Å²) in [6.45, 7) is 1.49. The van der Waals surface area contributed by atoms with Gasteiger partial charge >= 0.3 is 0 Å². The Bertz CT molecular complexity index is 662. The molecule has 0 aliphatic heterocycles. The third-order valence-corrected chi connectivity index (χ3v) is 4.26. The van der Waals surface area contributed by atoms with Crippen LogP contribution in [0.1, 0.15) is 24.8 Å². The minimum atomic E-state index is -0.264. The molecule has 2 aromatic rings. The Kier molecular flexibility index (Phi) is 4.90. The molecule has 5 nitrogen and oxygen atoms in total. The number of guanidine groups is 1. The molecule has 1 aromatic heterocycles. The SMILES string of the molecule is CN=C(NCc1ccc(-n2ccnc2)c(F)c1)NCC1CCC1. The third kappa shape index (κ3) is 3.88. The van der Waals surface area contributed by atoms with Crippen molar-refractivity contribution in [2.45, 2.75) is 25.8 Å². The fraction of sp³-hybridized carbons (Fsp3) is 0.412. The van der Waals surface area contributed by atoms with Gasteiger partial charge in [-0.2, -0.15) is 0 Å². The maximum absolute atomic E-state index is 14.2. The molecule has 1 fully saturated rings. The molecule has 1 aliphatic carbocycles. The van der Waals surface area contributed by atoms with Gasteiger partial charge in [0.1, 0.15) is 5.82 Å². The predicted octanol–water partition coefficient (Wildman–Crippen LogP) is 2.48. The van der Waals surface area contributed by atoms with Crippen LogP contribution in [0, 0.1) is 11.7 Å². The van der Waals surface area contributed by atoms with E-state index in [-0.39, 0.29) is 5.82 Å². The van der Waals surface area contributed by atoms with Gasteiger partial charge in [0, 0.05) is 32.5 Å². The minimum absolute atomic E-state index is 0.264. The van der Waals surface area contributed by atoms with Crippen molar-refractivity contribution in [1.82, 2.24) is 20.2 Å². The Hall–Kier alpha value is -2.37. The lowest BCUT2D eigenvalue weighted by Gasteiger charge is -2.26. The summed E-state index contributed by atoms with van der Waals surface area (Å²) >= 11 is 0. The summed E-state index contributed by atoms with van der Waals surface area (Å²) < 4.78 is 15.9. The lowest BCUT2D eigenvalue weighted by molar-refractivity contribution is 0.314. The molecule has 1 heterocycles. The standard InChI is InChI=1S/C17H22FN5/c1-19-17(21-10-13-3-2-4-13)22-11-14-5-6-16(15(18)9-14)23-8-7-20-12-23/h5-9,12-13H,2-4,10-11H2,1H3,(H2,19,21,22). The highest BCUT2D eigenvalue weighted by molar-refractivity contribution is 5.79. The zero-order chi connectivity index (χ0) is 16.1. The van der Waals surface area contributed by atoms with Crippen LogP contribution in [0.2, 0.25) is 0 Å². The Labute approximate surface area is 135 Å². The molecule has 0 bridgehead atoms. The van der Waals surface area contributed by atoms with Gasteiger partial charge in [0.15, 0.2) is 5.96 Å². The van der Waals surface area contributed by atoms with Gasteiger partial charge in [0.05, 0.1) is 12.0 Å². The number of rotatable bonds is 5. The van der Waals surface area contributed by atoms with Crippen LogP contribution in [0.4, 0.5) is 4.39 Å². The summed E-state index contributed by atoms with van der Waals surface area (Å²) in [6, 6.07) is 5.21. The molecule has 6 heteroatoms. The van der Waals surface area contributed by atoms with Crippen LogP contribution in [0.25, 0.3) is 5.69 Å². The molecule has 122 valence electrons. The van der Waals surface area contributed by atoms with Gasteiger partial charge in [-0.25, -0.2) is 9.37 Å². The molecule has 2 N–H and O–H groups in total. The van der Waals surface area contributed by atoms with Gasteiger partial charge in [-0.05, 0) is 36.5 Å². The summed E-state index contributed by atoms with van der Waals surface area (Å²) in [7, 11) is 1.75. The molecule has 1 aliphatic rings. The second-order valence-electron chi connectivity index (χ2n) is 5.86. The van der Waals surface area contributed by atoms with E-state index in [1.807, 2.05) is 6.07 Å². The maximum atomic E-state index is 14.2. The first-order valence-corrected chi connectivity index (χ1v) is 7.97. The van der Waals surface area contributed by atoms with Gasteiger partial charge in [-0.3, -0.25) is 4.99 Å². The van der Waals surface area contributed by atoms with Crippen molar-refractivity contribution in [3.8, 4) is 5.69 Å². The Morgan fingerprint density at radius 2 is 2.26 bits per heavy atom. The molecular formula is C17H22FN5. The first-order chi connectivity index (χ1) is 11.3. The minimum Gasteiger partial charge on any atom is -0.356 e. The first kappa shape index (κ1) is 15.5. The maximum Gasteiger partial charge on any atom is 0.191 e. The zero-order valence-electron chi connectivity index (χ0n) is 13.3. The van der Waals surface area contributed by atoms with Crippen molar-refractivity contribution in [2.24, 2.45) is 10.9 Å². The lowest BCUT2D eigenvalue weighted by atomic mass is 9.85. The Morgan fingerprint density at radius 1 is 1.39 bits per heavy atom.